The average molecular weight is 414 g/mol. The molecular formula is C17H27IN4. The lowest BCUT2D eigenvalue weighted by molar-refractivity contribution is 0.656. The number of aromatic nitrogens is 1. The number of fused-ring (bicyclic) bond motifs is 1. The summed E-state index contributed by atoms with van der Waals surface area (Å²) in [5, 5.41) is 8.00. The standard InChI is InChI=1S/C17H26N4.HI/c1-4-18-17(21-11-13(2)3)19-10-9-14-12-20-16-8-6-5-7-15(14)16;/h5-8,12-13,20H,4,9-11H2,1-3H3,(H2,18,19,21);1H. The Kier molecular flexibility index (Phi) is 8.30. The van der Waals surface area contributed by atoms with Crippen molar-refractivity contribution in [3.63, 3.8) is 0 Å². The minimum Gasteiger partial charge on any atom is -0.361 e. The third-order valence-electron chi connectivity index (χ3n) is 3.32. The fourth-order valence-electron chi connectivity index (χ4n) is 2.27. The van der Waals surface area contributed by atoms with Gasteiger partial charge in [-0.2, -0.15) is 0 Å². The molecule has 1 aromatic carbocycles. The molecule has 0 bridgehead atoms. The van der Waals surface area contributed by atoms with Gasteiger partial charge in [-0.1, -0.05) is 32.0 Å². The summed E-state index contributed by atoms with van der Waals surface area (Å²) in [6, 6.07) is 8.42. The van der Waals surface area contributed by atoms with Crippen LogP contribution in [0.3, 0.4) is 0 Å². The zero-order valence-electron chi connectivity index (χ0n) is 13.6. The SMILES string of the molecule is CCNC(=NCC(C)C)NCCc1c[nH]c2ccccc12.I. The summed E-state index contributed by atoms with van der Waals surface area (Å²) in [6.45, 7) is 9.06. The number of halogens is 1. The molecule has 22 heavy (non-hydrogen) atoms. The predicted molar refractivity (Wildman–Crippen MR) is 106 cm³/mol. The smallest absolute Gasteiger partial charge is 0.191 e. The number of nitrogens with zero attached hydrogens (tertiary/aromatic N) is 1. The van der Waals surface area contributed by atoms with Crippen LogP contribution in [0, 0.1) is 5.92 Å². The second kappa shape index (κ2) is 9.71. The molecule has 0 aliphatic heterocycles. The highest BCUT2D eigenvalue weighted by Gasteiger charge is 2.03. The van der Waals surface area contributed by atoms with Gasteiger partial charge in [-0.15, -0.1) is 24.0 Å². The molecule has 1 aromatic heterocycles. The number of H-pyrrole nitrogens is 1. The van der Waals surface area contributed by atoms with Gasteiger partial charge in [0.15, 0.2) is 5.96 Å². The van der Waals surface area contributed by atoms with Crippen molar-refractivity contribution in [2.75, 3.05) is 19.6 Å². The second-order valence-corrected chi connectivity index (χ2v) is 5.65. The Labute approximate surface area is 150 Å². The fraction of sp³-hybridized carbons (Fsp3) is 0.471. The van der Waals surface area contributed by atoms with E-state index in [-0.39, 0.29) is 24.0 Å². The third-order valence-corrected chi connectivity index (χ3v) is 3.32. The molecule has 5 heteroatoms. The van der Waals surface area contributed by atoms with E-state index in [2.05, 4.69) is 71.8 Å². The van der Waals surface area contributed by atoms with Crippen molar-refractivity contribution < 1.29 is 0 Å². The molecule has 4 nitrogen and oxygen atoms in total. The maximum atomic E-state index is 4.58. The van der Waals surface area contributed by atoms with Crippen molar-refractivity contribution >= 4 is 40.8 Å². The molecule has 0 atom stereocenters. The number of hydrogen-bond donors (Lipinski definition) is 3. The van der Waals surface area contributed by atoms with Crippen molar-refractivity contribution in [1.82, 2.24) is 15.6 Å². The molecule has 0 aliphatic rings. The third kappa shape index (κ3) is 5.51. The van der Waals surface area contributed by atoms with Crippen LogP contribution < -0.4 is 10.6 Å². The highest BCUT2D eigenvalue weighted by Crippen LogP contribution is 2.17. The molecule has 0 aliphatic carbocycles. The van der Waals surface area contributed by atoms with Gasteiger partial charge in [-0.05, 0) is 30.9 Å². The van der Waals surface area contributed by atoms with Gasteiger partial charge >= 0.3 is 0 Å². The highest BCUT2D eigenvalue weighted by molar-refractivity contribution is 14.0. The van der Waals surface area contributed by atoms with Crippen molar-refractivity contribution in [1.29, 1.82) is 0 Å². The van der Waals surface area contributed by atoms with E-state index in [1.165, 1.54) is 16.5 Å². The molecule has 0 fully saturated rings. The minimum absolute atomic E-state index is 0. The number of para-hydroxylation sites is 1. The summed E-state index contributed by atoms with van der Waals surface area (Å²) in [5.74, 6) is 1.49. The van der Waals surface area contributed by atoms with E-state index in [1.807, 2.05) is 0 Å². The monoisotopic (exact) mass is 414 g/mol. The van der Waals surface area contributed by atoms with Gasteiger partial charge < -0.3 is 15.6 Å². The zero-order chi connectivity index (χ0) is 15.1. The fourth-order valence-corrected chi connectivity index (χ4v) is 2.27. The molecule has 0 unspecified atom stereocenters. The first-order chi connectivity index (χ1) is 10.2. The molecule has 2 aromatic rings. The molecule has 0 spiro atoms. The van der Waals surface area contributed by atoms with Crippen LogP contribution in [0.5, 0.6) is 0 Å². The van der Waals surface area contributed by atoms with Crippen molar-refractivity contribution in [3.05, 3.63) is 36.0 Å². The van der Waals surface area contributed by atoms with Crippen LogP contribution in [-0.2, 0) is 6.42 Å². The largest absolute Gasteiger partial charge is 0.361 e. The van der Waals surface area contributed by atoms with E-state index in [4.69, 9.17) is 0 Å². The number of aliphatic imine (C=N–C) groups is 1. The zero-order valence-corrected chi connectivity index (χ0v) is 16.0. The Balaban J connectivity index is 0.00000242. The maximum Gasteiger partial charge on any atom is 0.191 e. The Morgan fingerprint density at radius 1 is 1.23 bits per heavy atom. The second-order valence-electron chi connectivity index (χ2n) is 5.65. The molecule has 1 heterocycles. The minimum atomic E-state index is 0. The number of aromatic amines is 1. The first-order valence-electron chi connectivity index (χ1n) is 7.78. The predicted octanol–water partition coefficient (Wildman–Crippen LogP) is 3.54. The molecule has 2 rings (SSSR count). The van der Waals surface area contributed by atoms with Crippen LogP contribution in [0.4, 0.5) is 0 Å². The van der Waals surface area contributed by atoms with Crippen LogP contribution in [0.15, 0.2) is 35.5 Å². The van der Waals surface area contributed by atoms with E-state index in [9.17, 15) is 0 Å². The van der Waals surface area contributed by atoms with Gasteiger partial charge in [0.05, 0.1) is 0 Å². The van der Waals surface area contributed by atoms with E-state index >= 15 is 0 Å². The number of hydrogen-bond acceptors (Lipinski definition) is 1. The number of guanidine groups is 1. The molecular weight excluding hydrogens is 387 g/mol. The molecule has 0 amide bonds. The highest BCUT2D eigenvalue weighted by atomic mass is 127. The van der Waals surface area contributed by atoms with Gasteiger partial charge in [-0.3, -0.25) is 4.99 Å². The Morgan fingerprint density at radius 2 is 2.00 bits per heavy atom. The van der Waals surface area contributed by atoms with E-state index < -0.39 is 0 Å². The van der Waals surface area contributed by atoms with E-state index in [0.717, 1.165) is 32.0 Å². The van der Waals surface area contributed by atoms with Crippen molar-refractivity contribution in [3.8, 4) is 0 Å². The van der Waals surface area contributed by atoms with Gasteiger partial charge in [0.1, 0.15) is 0 Å². The lowest BCUT2D eigenvalue weighted by atomic mass is 10.1. The van der Waals surface area contributed by atoms with Gasteiger partial charge in [0.2, 0.25) is 0 Å². The van der Waals surface area contributed by atoms with Gasteiger partial charge in [-0.25, -0.2) is 0 Å². The maximum absolute atomic E-state index is 4.58. The molecule has 0 saturated carbocycles. The van der Waals surface area contributed by atoms with E-state index in [0.29, 0.717) is 5.92 Å². The Hall–Kier alpha value is -1.24. The summed E-state index contributed by atoms with van der Waals surface area (Å²) < 4.78 is 0. The lowest BCUT2D eigenvalue weighted by Gasteiger charge is -2.11. The number of nitrogens with one attached hydrogen (secondary N) is 3. The first kappa shape index (κ1) is 18.8. The number of benzene rings is 1. The molecule has 0 saturated heterocycles. The van der Waals surface area contributed by atoms with Gasteiger partial charge in [0.25, 0.3) is 0 Å². The normalized spacial score (nSPS) is 11.5. The summed E-state index contributed by atoms with van der Waals surface area (Å²) >= 11 is 0. The summed E-state index contributed by atoms with van der Waals surface area (Å²) in [7, 11) is 0. The molecule has 3 N–H and O–H groups in total. The van der Waals surface area contributed by atoms with Crippen LogP contribution in [0.25, 0.3) is 10.9 Å². The Morgan fingerprint density at radius 3 is 2.73 bits per heavy atom. The Bertz CT molecular complexity index is 589. The van der Waals surface area contributed by atoms with Crippen molar-refractivity contribution in [2.24, 2.45) is 10.9 Å². The van der Waals surface area contributed by atoms with E-state index in [1.54, 1.807) is 0 Å². The quantitative estimate of drug-likeness (QED) is 0.385. The van der Waals surface area contributed by atoms with Crippen LogP contribution in [0.2, 0.25) is 0 Å². The lowest BCUT2D eigenvalue weighted by Crippen LogP contribution is -2.38. The van der Waals surface area contributed by atoms with Crippen LogP contribution >= 0.6 is 24.0 Å². The summed E-state index contributed by atoms with van der Waals surface area (Å²) in [6.07, 6.45) is 3.08. The molecule has 0 radical (unpaired) electrons. The first-order valence-corrected chi connectivity index (χ1v) is 7.78. The van der Waals surface area contributed by atoms with Gasteiger partial charge in [0, 0.05) is 36.7 Å². The summed E-state index contributed by atoms with van der Waals surface area (Å²) in [5.41, 5.74) is 2.55. The number of rotatable bonds is 6. The average Bonchev–Trinajstić information content (AvgIpc) is 2.88. The summed E-state index contributed by atoms with van der Waals surface area (Å²) in [4.78, 5) is 7.90. The topological polar surface area (TPSA) is 52.2 Å². The van der Waals surface area contributed by atoms with Crippen LogP contribution in [0.1, 0.15) is 26.3 Å². The molecule has 122 valence electrons. The van der Waals surface area contributed by atoms with Crippen molar-refractivity contribution in [2.45, 2.75) is 27.2 Å². The van der Waals surface area contributed by atoms with Crippen LogP contribution in [-0.4, -0.2) is 30.6 Å².